The van der Waals surface area contributed by atoms with Crippen LogP contribution >= 0.6 is 0 Å². The van der Waals surface area contributed by atoms with Gasteiger partial charge in [0.05, 0.1) is 5.75 Å². The first-order valence-electron chi connectivity index (χ1n) is 12.4. The molecule has 0 aliphatic carbocycles. The molecule has 0 radical (unpaired) electrons. The monoisotopic (exact) mass is 651 g/mol. The van der Waals surface area contributed by atoms with Gasteiger partial charge in [0.1, 0.15) is 23.3 Å². The first-order valence-corrected chi connectivity index (χ1v) is 15.4. The average molecular weight is 652 g/mol. The van der Waals surface area contributed by atoms with E-state index in [0.717, 1.165) is 12.1 Å². The summed E-state index contributed by atoms with van der Waals surface area (Å²) in [5.74, 6) is -3.51. The van der Waals surface area contributed by atoms with Crippen LogP contribution in [0.2, 0.25) is 0 Å². The molecule has 236 valence electrons. The van der Waals surface area contributed by atoms with Crippen LogP contribution in [0, 0.1) is 5.82 Å². The molecule has 1 aromatic carbocycles. The second-order valence-corrected chi connectivity index (χ2v) is 13.6. The minimum absolute atomic E-state index is 0.135. The van der Waals surface area contributed by atoms with Crippen LogP contribution in [0.25, 0.3) is 0 Å². The Morgan fingerprint density at radius 3 is 2.14 bits per heavy atom. The van der Waals surface area contributed by atoms with Crippen molar-refractivity contribution >= 4 is 26.0 Å². The number of nitrogens with zero attached hydrogens (tertiary/aromatic N) is 3. The Labute approximate surface area is 238 Å². The van der Waals surface area contributed by atoms with E-state index in [1.807, 2.05) is 0 Å². The Kier molecular flexibility index (Phi) is 9.63. The highest BCUT2D eigenvalue weighted by atomic mass is 32.2. The Hall–Kier alpha value is -2.86. The molecule has 0 spiro atoms. The lowest BCUT2D eigenvalue weighted by molar-refractivity contribution is -0.153. The third-order valence-corrected chi connectivity index (χ3v) is 8.95. The third kappa shape index (κ3) is 8.37. The predicted octanol–water partition coefficient (Wildman–Crippen LogP) is 4.99. The number of aromatic nitrogens is 1. The fraction of sp³-hybridized carbons (Fsp3) is 0.542. The van der Waals surface area contributed by atoms with Crippen molar-refractivity contribution < 1.29 is 56.5 Å². The van der Waals surface area contributed by atoms with Gasteiger partial charge >= 0.3 is 21.8 Å². The fourth-order valence-electron chi connectivity index (χ4n) is 4.27. The standard InChI is InChI=1S/C24H28F7N3O6S2/c1-4-9-22(2,3)39-21-13-18(40-42(37,38)24(29,30)31)12-20(32-21)34-11-10-33(14-19(34)23(26,27)28)41(35,36)15-16-5-7-17(25)8-6-16/h5-8,12-13,19H,4,9-11,14-15H2,1-3H3. The largest absolute Gasteiger partial charge is 0.534 e. The number of piperazine rings is 1. The molecule has 1 unspecified atom stereocenters. The van der Waals surface area contributed by atoms with E-state index in [0.29, 0.717) is 34.2 Å². The van der Waals surface area contributed by atoms with E-state index in [2.05, 4.69) is 9.17 Å². The SMILES string of the molecule is CCCC(C)(C)Oc1cc(OS(=O)(=O)C(F)(F)F)cc(N2CCN(S(=O)(=O)Cc3ccc(F)cc3)CC2C(F)(F)F)n1. The molecular weight excluding hydrogens is 623 g/mol. The Balaban J connectivity index is 2.00. The van der Waals surface area contributed by atoms with E-state index < -0.39 is 92.1 Å². The minimum Gasteiger partial charge on any atom is -0.471 e. The quantitative estimate of drug-likeness (QED) is 0.201. The summed E-state index contributed by atoms with van der Waals surface area (Å²) in [6.07, 6.45) is -4.09. The fourth-order valence-corrected chi connectivity index (χ4v) is 6.24. The summed E-state index contributed by atoms with van der Waals surface area (Å²) in [7, 11) is -10.5. The molecule has 0 amide bonds. The van der Waals surface area contributed by atoms with Crippen molar-refractivity contribution in [3.8, 4) is 11.6 Å². The molecule has 1 fully saturated rings. The zero-order valence-electron chi connectivity index (χ0n) is 22.5. The van der Waals surface area contributed by atoms with Gasteiger partial charge in [0.15, 0.2) is 5.75 Å². The molecule has 2 aromatic rings. The van der Waals surface area contributed by atoms with E-state index in [9.17, 15) is 47.6 Å². The third-order valence-electron chi connectivity index (χ3n) is 6.16. The first-order chi connectivity index (χ1) is 19.1. The van der Waals surface area contributed by atoms with Crippen LogP contribution < -0.4 is 13.8 Å². The van der Waals surface area contributed by atoms with Gasteiger partial charge in [-0.3, -0.25) is 0 Å². The summed E-state index contributed by atoms with van der Waals surface area (Å²) in [6.45, 7) is 2.74. The number of pyridine rings is 1. The summed E-state index contributed by atoms with van der Waals surface area (Å²) in [6, 6.07) is 3.10. The average Bonchev–Trinajstić information content (AvgIpc) is 2.83. The van der Waals surface area contributed by atoms with Crippen LogP contribution in [0.4, 0.5) is 36.6 Å². The van der Waals surface area contributed by atoms with Crippen molar-refractivity contribution in [2.24, 2.45) is 0 Å². The number of rotatable bonds is 10. The molecule has 1 aliphatic heterocycles. The Morgan fingerprint density at radius 2 is 1.60 bits per heavy atom. The molecule has 0 saturated carbocycles. The van der Waals surface area contributed by atoms with Gasteiger partial charge < -0.3 is 13.8 Å². The second kappa shape index (κ2) is 12.0. The number of ether oxygens (including phenoxy) is 1. The molecule has 1 aliphatic rings. The van der Waals surface area contributed by atoms with Crippen LogP contribution in [-0.4, -0.2) is 69.1 Å². The lowest BCUT2D eigenvalue weighted by Crippen LogP contribution is -2.60. The van der Waals surface area contributed by atoms with Crippen LogP contribution in [-0.2, 0) is 25.9 Å². The van der Waals surface area contributed by atoms with Crippen molar-refractivity contribution in [1.82, 2.24) is 9.29 Å². The van der Waals surface area contributed by atoms with Gasteiger partial charge in [-0.1, -0.05) is 25.5 Å². The normalized spacial score (nSPS) is 17.8. The molecule has 18 heteroatoms. The highest BCUT2D eigenvalue weighted by molar-refractivity contribution is 7.88. The second-order valence-electron chi connectivity index (χ2n) is 10.1. The van der Waals surface area contributed by atoms with Crippen LogP contribution in [0.15, 0.2) is 36.4 Å². The topological polar surface area (TPSA) is 106 Å². The molecular formula is C24H28F7N3O6S2. The number of halogens is 7. The van der Waals surface area contributed by atoms with Crippen LogP contribution in [0.5, 0.6) is 11.6 Å². The maximum atomic E-state index is 14.3. The number of hydrogen-bond donors (Lipinski definition) is 0. The zero-order valence-corrected chi connectivity index (χ0v) is 24.2. The van der Waals surface area contributed by atoms with E-state index in [1.54, 1.807) is 20.8 Å². The summed E-state index contributed by atoms with van der Waals surface area (Å²) in [5, 5.41) is 0. The molecule has 1 saturated heterocycles. The maximum absolute atomic E-state index is 14.3. The van der Waals surface area contributed by atoms with Crippen molar-refractivity contribution in [2.75, 3.05) is 24.5 Å². The van der Waals surface area contributed by atoms with E-state index >= 15 is 0 Å². The van der Waals surface area contributed by atoms with Crippen LogP contribution in [0.3, 0.4) is 0 Å². The smallest absolute Gasteiger partial charge is 0.471 e. The van der Waals surface area contributed by atoms with Gasteiger partial charge in [-0.15, -0.1) is 0 Å². The van der Waals surface area contributed by atoms with Gasteiger partial charge in [-0.2, -0.15) is 44.0 Å². The Bertz CT molecular complexity index is 1460. The molecule has 0 N–H and O–H groups in total. The van der Waals surface area contributed by atoms with Gasteiger partial charge in [0.2, 0.25) is 15.9 Å². The zero-order chi connectivity index (χ0) is 31.7. The molecule has 42 heavy (non-hydrogen) atoms. The lowest BCUT2D eigenvalue weighted by Gasteiger charge is -2.42. The van der Waals surface area contributed by atoms with Crippen molar-refractivity contribution in [3.63, 3.8) is 0 Å². The summed E-state index contributed by atoms with van der Waals surface area (Å²) >= 11 is 0. The van der Waals surface area contributed by atoms with Crippen molar-refractivity contribution in [2.45, 2.75) is 62.7 Å². The van der Waals surface area contributed by atoms with Crippen molar-refractivity contribution in [1.29, 1.82) is 0 Å². The number of alkyl halides is 6. The molecule has 1 atom stereocenters. The number of anilines is 1. The van der Waals surface area contributed by atoms with E-state index in [4.69, 9.17) is 4.74 Å². The van der Waals surface area contributed by atoms with Gasteiger partial charge in [-0.05, 0) is 38.0 Å². The molecule has 9 nitrogen and oxygen atoms in total. The van der Waals surface area contributed by atoms with Gasteiger partial charge in [0.25, 0.3) is 0 Å². The van der Waals surface area contributed by atoms with E-state index in [1.165, 1.54) is 12.1 Å². The minimum atomic E-state index is -6.21. The highest BCUT2D eigenvalue weighted by Crippen LogP contribution is 2.37. The maximum Gasteiger partial charge on any atom is 0.534 e. The van der Waals surface area contributed by atoms with Crippen molar-refractivity contribution in [3.05, 3.63) is 47.8 Å². The number of sulfonamides is 1. The lowest BCUT2D eigenvalue weighted by atomic mass is 10.0. The number of hydrogen-bond acceptors (Lipinski definition) is 8. The van der Waals surface area contributed by atoms with Gasteiger partial charge in [0, 0.05) is 31.8 Å². The predicted molar refractivity (Wildman–Crippen MR) is 137 cm³/mol. The summed E-state index contributed by atoms with van der Waals surface area (Å²) in [4.78, 5) is 4.58. The summed E-state index contributed by atoms with van der Waals surface area (Å²) in [5.41, 5.74) is -6.70. The number of benzene rings is 1. The van der Waals surface area contributed by atoms with E-state index in [-0.39, 0.29) is 5.56 Å². The molecule has 1 aromatic heterocycles. The first kappa shape index (κ1) is 33.6. The molecule has 2 heterocycles. The summed E-state index contributed by atoms with van der Waals surface area (Å²) < 4.78 is 155. The molecule has 0 bridgehead atoms. The highest BCUT2D eigenvalue weighted by Gasteiger charge is 2.50. The van der Waals surface area contributed by atoms with Crippen LogP contribution in [0.1, 0.15) is 39.2 Å². The Morgan fingerprint density at radius 1 is 0.976 bits per heavy atom. The molecule has 3 rings (SSSR count). The van der Waals surface area contributed by atoms with Gasteiger partial charge in [-0.25, -0.2) is 12.8 Å².